The van der Waals surface area contributed by atoms with Crippen molar-refractivity contribution in [1.29, 1.82) is 0 Å². The number of benzene rings is 2. The number of fused-ring (bicyclic) bond motifs is 3. The van der Waals surface area contributed by atoms with Gasteiger partial charge in [0, 0.05) is 17.5 Å². The van der Waals surface area contributed by atoms with Gasteiger partial charge in [-0.3, -0.25) is 4.79 Å². The van der Waals surface area contributed by atoms with E-state index in [-0.39, 0.29) is 11.5 Å². The van der Waals surface area contributed by atoms with Crippen LogP contribution in [-0.4, -0.2) is 10.9 Å². The summed E-state index contributed by atoms with van der Waals surface area (Å²) in [5.41, 5.74) is 3.38. The fraction of sp³-hybridized carbons (Fsp3) is 0.0714. The van der Waals surface area contributed by atoms with Crippen molar-refractivity contribution in [3.05, 3.63) is 53.6 Å². The number of phenolic OH excluding ortho intramolecular Hbond substituents is 1. The van der Waals surface area contributed by atoms with Crippen LogP contribution in [0.2, 0.25) is 0 Å². The molecule has 0 bridgehead atoms. The van der Waals surface area contributed by atoms with Crippen molar-refractivity contribution < 1.29 is 9.90 Å². The van der Waals surface area contributed by atoms with Crippen molar-refractivity contribution in [1.82, 2.24) is 0 Å². The number of phenols is 1. The lowest BCUT2D eigenvalue weighted by Crippen LogP contribution is -2.12. The zero-order chi connectivity index (χ0) is 11.1. The molecule has 2 heteroatoms. The summed E-state index contributed by atoms with van der Waals surface area (Å²) in [7, 11) is 0. The van der Waals surface area contributed by atoms with Crippen LogP contribution in [0, 0.1) is 0 Å². The Balaban J connectivity index is 2.36. The fourth-order valence-electron chi connectivity index (χ4n) is 2.23. The van der Waals surface area contributed by atoms with E-state index in [2.05, 4.69) is 0 Å². The first-order valence-corrected chi connectivity index (χ1v) is 5.21. The van der Waals surface area contributed by atoms with Crippen molar-refractivity contribution >= 4 is 5.78 Å². The molecule has 0 amide bonds. The molecule has 2 aromatic carbocycles. The molecule has 0 heterocycles. The SMILES string of the molecule is O=C1Cc2c(O)cccc2-c2ccccc21. The Morgan fingerprint density at radius 2 is 1.56 bits per heavy atom. The largest absolute Gasteiger partial charge is 0.508 e. The van der Waals surface area contributed by atoms with E-state index in [9.17, 15) is 9.90 Å². The van der Waals surface area contributed by atoms with Gasteiger partial charge in [-0.05, 0) is 17.2 Å². The molecule has 0 fully saturated rings. The van der Waals surface area contributed by atoms with Gasteiger partial charge in [0.05, 0.1) is 0 Å². The molecule has 0 spiro atoms. The minimum atomic E-state index is 0.0737. The van der Waals surface area contributed by atoms with Crippen LogP contribution in [0.1, 0.15) is 15.9 Å². The van der Waals surface area contributed by atoms with Gasteiger partial charge in [0.2, 0.25) is 0 Å². The van der Waals surface area contributed by atoms with Gasteiger partial charge in [-0.1, -0.05) is 36.4 Å². The first-order valence-electron chi connectivity index (χ1n) is 5.21. The lowest BCUT2D eigenvalue weighted by atomic mass is 9.84. The Labute approximate surface area is 93.2 Å². The molecule has 0 aromatic heterocycles. The molecule has 1 aliphatic carbocycles. The molecule has 0 unspecified atom stereocenters. The summed E-state index contributed by atoms with van der Waals surface area (Å²) < 4.78 is 0. The zero-order valence-corrected chi connectivity index (χ0v) is 8.60. The highest BCUT2D eigenvalue weighted by Crippen LogP contribution is 2.37. The third-order valence-corrected chi connectivity index (χ3v) is 3.01. The smallest absolute Gasteiger partial charge is 0.168 e. The quantitative estimate of drug-likeness (QED) is 0.726. The number of hydrogen-bond acceptors (Lipinski definition) is 2. The van der Waals surface area contributed by atoms with Crippen molar-refractivity contribution in [2.75, 3.05) is 0 Å². The van der Waals surface area contributed by atoms with E-state index in [1.807, 2.05) is 30.3 Å². The normalized spacial score (nSPS) is 13.1. The molecule has 0 atom stereocenters. The van der Waals surface area contributed by atoms with Crippen LogP contribution in [-0.2, 0) is 6.42 Å². The second-order valence-electron chi connectivity index (χ2n) is 3.95. The molecular weight excluding hydrogens is 200 g/mol. The summed E-state index contributed by atoms with van der Waals surface area (Å²) in [5, 5.41) is 9.75. The van der Waals surface area contributed by atoms with Gasteiger partial charge in [0.15, 0.2) is 5.78 Å². The minimum Gasteiger partial charge on any atom is -0.508 e. The second-order valence-corrected chi connectivity index (χ2v) is 3.95. The third-order valence-electron chi connectivity index (χ3n) is 3.01. The molecule has 2 aromatic rings. The predicted octanol–water partition coefficient (Wildman–Crippen LogP) is 2.80. The zero-order valence-electron chi connectivity index (χ0n) is 8.60. The maximum atomic E-state index is 11.9. The van der Waals surface area contributed by atoms with E-state index < -0.39 is 0 Å². The average molecular weight is 210 g/mol. The van der Waals surface area contributed by atoms with Crippen LogP contribution in [0.4, 0.5) is 0 Å². The number of carbonyl (C=O) groups excluding carboxylic acids is 1. The van der Waals surface area contributed by atoms with Gasteiger partial charge in [-0.15, -0.1) is 0 Å². The first kappa shape index (κ1) is 9.16. The molecule has 0 saturated carbocycles. The summed E-state index contributed by atoms with van der Waals surface area (Å²) in [6.07, 6.45) is 0.291. The number of ketones is 1. The fourth-order valence-corrected chi connectivity index (χ4v) is 2.23. The Hall–Kier alpha value is -2.09. The van der Waals surface area contributed by atoms with E-state index in [0.717, 1.165) is 22.3 Å². The van der Waals surface area contributed by atoms with Crippen molar-refractivity contribution in [2.45, 2.75) is 6.42 Å². The van der Waals surface area contributed by atoms with Gasteiger partial charge < -0.3 is 5.11 Å². The first-order chi connectivity index (χ1) is 7.77. The lowest BCUT2D eigenvalue weighted by molar-refractivity contribution is 0.0991. The van der Waals surface area contributed by atoms with Crippen molar-refractivity contribution in [3.8, 4) is 16.9 Å². The topological polar surface area (TPSA) is 37.3 Å². The highest BCUT2D eigenvalue weighted by molar-refractivity contribution is 6.07. The predicted molar refractivity (Wildman–Crippen MR) is 61.6 cm³/mol. The van der Waals surface area contributed by atoms with Crippen LogP contribution in [0.5, 0.6) is 5.75 Å². The highest BCUT2D eigenvalue weighted by atomic mass is 16.3. The summed E-state index contributed by atoms with van der Waals surface area (Å²) in [4.78, 5) is 11.9. The number of Topliss-reactive ketones (excluding diaryl/α,β-unsaturated/α-hetero) is 1. The van der Waals surface area contributed by atoms with Crippen LogP contribution in [0.3, 0.4) is 0 Å². The maximum Gasteiger partial charge on any atom is 0.168 e. The van der Waals surface area contributed by atoms with E-state index in [4.69, 9.17) is 0 Å². The van der Waals surface area contributed by atoms with Crippen LogP contribution in [0.15, 0.2) is 42.5 Å². The molecule has 2 nitrogen and oxygen atoms in total. The Morgan fingerprint density at radius 3 is 2.38 bits per heavy atom. The molecular formula is C14H10O2. The monoisotopic (exact) mass is 210 g/mol. The molecule has 3 rings (SSSR count). The summed E-state index contributed by atoms with van der Waals surface area (Å²) in [6, 6.07) is 12.9. The average Bonchev–Trinajstić information content (AvgIpc) is 2.31. The number of rotatable bonds is 0. The van der Waals surface area contributed by atoms with Gasteiger partial charge in [-0.25, -0.2) is 0 Å². The van der Waals surface area contributed by atoms with E-state index in [0.29, 0.717) is 6.42 Å². The molecule has 0 saturated heterocycles. The van der Waals surface area contributed by atoms with Gasteiger partial charge >= 0.3 is 0 Å². The van der Waals surface area contributed by atoms with Crippen LogP contribution in [0.25, 0.3) is 11.1 Å². The van der Waals surface area contributed by atoms with Crippen molar-refractivity contribution in [3.63, 3.8) is 0 Å². The minimum absolute atomic E-state index is 0.0737. The molecule has 1 N–H and O–H groups in total. The molecule has 0 aliphatic heterocycles. The third kappa shape index (κ3) is 1.16. The van der Waals surface area contributed by atoms with Crippen molar-refractivity contribution in [2.24, 2.45) is 0 Å². The van der Waals surface area contributed by atoms with E-state index in [1.165, 1.54) is 0 Å². The molecule has 1 aliphatic rings. The lowest BCUT2D eigenvalue weighted by Gasteiger charge is -2.19. The van der Waals surface area contributed by atoms with Gasteiger partial charge in [-0.2, -0.15) is 0 Å². The van der Waals surface area contributed by atoms with Crippen LogP contribution >= 0.6 is 0 Å². The Morgan fingerprint density at radius 1 is 0.875 bits per heavy atom. The Bertz CT molecular complexity index is 585. The summed E-state index contributed by atoms with van der Waals surface area (Å²) in [5.74, 6) is 0.282. The number of hydrogen-bond donors (Lipinski definition) is 1. The van der Waals surface area contributed by atoms with E-state index >= 15 is 0 Å². The number of carbonyl (C=O) groups is 1. The van der Waals surface area contributed by atoms with Gasteiger partial charge in [0.25, 0.3) is 0 Å². The maximum absolute atomic E-state index is 11.9. The van der Waals surface area contributed by atoms with E-state index in [1.54, 1.807) is 12.1 Å². The second kappa shape index (κ2) is 3.20. The Kier molecular flexibility index (Phi) is 1.83. The molecule has 78 valence electrons. The molecule has 0 radical (unpaired) electrons. The van der Waals surface area contributed by atoms with Gasteiger partial charge in [0.1, 0.15) is 5.75 Å². The summed E-state index contributed by atoms with van der Waals surface area (Å²) in [6.45, 7) is 0. The number of aromatic hydroxyl groups is 1. The summed E-state index contributed by atoms with van der Waals surface area (Å²) >= 11 is 0. The molecule has 16 heavy (non-hydrogen) atoms. The highest BCUT2D eigenvalue weighted by Gasteiger charge is 2.23. The van der Waals surface area contributed by atoms with Crippen LogP contribution < -0.4 is 0 Å². The standard InChI is InChI=1S/C14H10O2/c15-13-7-3-6-10-9-4-1-2-5-11(9)14(16)8-12(10)13/h1-7,15H,8H2.